The lowest BCUT2D eigenvalue weighted by Crippen LogP contribution is -2.36. The van der Waals surface area contributed by atoms with Gasteiger partial charge in [-0.25, -0.2) is 4.98 Å². The van der Waals surface area contributed by atoms with Crippen molar-refractivity contribution in [2.24, 2.45) is 0 Å². The Morgan fingerprint density at radius 1 is 1.07 bits per heavy atom. The van der Waals surface area contributed by atoms with Gasteiger partial charge in [0.25, 0.3) is 5.91 Å². The maximum atomic E-state index is 13.2. The monoisotopic (exact) mass is 403 g/mol. The van der Waals surface area contributed by atoms with Crippen LogP contribution in [0.3, 0.4) is 0 Å². The molecule has 0 saturated carbocycles. The first-order valence-electron chi connectivity index (χ1n) is 9.51. The molecule has 2 heterocycles. The lowest BCUT2D eigenvalue weighted by atomic mass is 10.1. The first-order valence-corrected chi connectivity index (χ1v) is 10.3. The van der Waals surface area contributed by atoms with Crippen LogP contribution in [0.4, 0.5) is 5.69 Å². The molecule has 1 aliphatic heterocycles. The van der Waals surface area contributed by atoms with E-state index in [0.717, 1.165) is 16.1 Å². The molecule has 0 aliphatic carbocycles. The molecule has 3 aromatic rings. The highest BCUT2D eigenvalue weighted by atomic mass is 32.2. The summed E-state index contributed by atoms with van der Waals surface area (Å²) < 4.78 is 0. The van der Waals surface area contributed by atoms with Crippen molar-refractivity contribution >= 4 is 29.3 Å². The van der Waals surface area contributed by atoms with Gasteiger partial charge in [-0.3, -0.25) is 9.59 Å². The summed E-state index contributed by atoms with van der Waals surface area (Å²) in [5, 5.41) is 3.70. The number of pyridine rings is 1. The van der Waals surface area contributed by atoms with Crippen molar-refractivity contribution in [3.63, 3.8) is 0 Å². The molecule has 6 heteroatoms. The van der Waals surface area contributed by atoms with Crippen LogP contribution in [0, 0.1) is 0 Å². The molecule has 0 saturated heterocycles. The zero-order valence-corrected chi connectivity index (χ0v) is 16.9. The van der Waals surface area contributed by atoms with Gasteiger partial charge in [0, 0.05) is 24.1 Å². The molecule has 4 rings (SSSR count). The summed E-state index contributed by atoms with van der Waals surface area (Å²) >= 11 is 1.48. The largest absolute Gasteiger partial charge is 0.350 e. The van der Waals surface area contributed by atoms with Crippen molar-refractivity contribution in [3.05, 3.63) is 84.1 Å². The number of benzene rings is 2. The summed E-state index contributed by atoms with van der Waals surface area (Å²) in [6.07, 6.45) is 1.91. The highest BCUT2D eigenvalue weighted by Gasteiger charge is 2.28. The predicted molar refractivity (Wildman–Crippen MR) is 114 cm³/mol. The summed E-state index contributed by atoms with van der Waals surface area (Å²) in [5.41, 5.74) is 2.42. The lowest BCUT2D eigenvalue weighted by molar-refractivity contribution is -0.121. The van der Waals surface area contributed by atoms with Crippen LogP contribution in [-0.4, -0.2) is 23.3 Å². The van der Waals surface area contributed by atoms with Crippen LogP contribution in [0.1, 0.15) is 35.3 Å². The molecular formula is C23H21N3O2S. The van der Waals surface area contributed by atoms with E-state index in [-0.39, 0.29) is 24.3 Å². The first kappa shape index (κ1) is 19.2. The maximum absolute atomic E-state index is 13.2. The van der Waals surface area contributed by atoms with Gasteiger partial charge >= 0.3 is 0 Å². The molecule has 0 bridgehead atoms. The minimum absolute atomic E-state index is 0.0868. The van der Waals surface area contributed by atoms with E-state index in [1.807, 2.05) is 61.5 Å². The molecule has 0 radical (unpaired) electrons. The topological polar surface area (TPSA) is 62.3 Å². The second kappa shape index (κ2) is 8.49. The number of carbonyl (C=O) groups is 2. The molecule has 1 N–H and O–H groups in total. The van der Waals surface area contributed by atoms with Gasteiger partial charge in [-0.2, -0.15) is 0 Å². The summed E-state index contributed by atoms with van der Waals surface area (Å²) in [6, 6.07) is 21.0. The van der Waals surface area contributed by atoms with Gasteiger partial charge in [0.15, 0.2) is 0 Å². The quantitative estimate of drug-likeness (QED) is 0.683. The molecule has 1 aliphatic rings. The van der Waals surface area contributed by atoms with Crippen LogP contribution < -0.4 is 10.2 Å². The molecule has 0 unspecified atom stereocenters. The van der Waals surface area contributed by atoms with E-state index in [1.165, 1.54) is 11.8 Å². The van der Waals surface area contributed by atoms with Crippen molar-refractivity contribution in [2.45, 2.75) is 29.3 Å². The molecule has 0 spiro atoms. The predicted octanol–water partition coefficient (Wildman–Crippen LogP) is 4.46. The minimum Gasteiger partial charge on any atom is -0.350 e. The third-order valence-corrected chi connectivity index (χ3v) is 5.93. The molecule has 0 fully saturated rings. The number of amides is 2. The van der Waals surface area contributed by atoms with Crippen LogP contribution >= 0.6 is 11.8 Å². The highest BCUT2D eigenvalue weighted by Crippen LogP contribution is 2.40. The molecule has 1 aromatic heterocycles. The van der Waals surface area contributed by atoms with E-state index in [0.29, 0.717) is 17.1 Å². The molecule has 29 heavy (non-hydrogen) atoms. The molecule has 2 amide bonds. The van der Waals surface area contributed by atoms with Crippen LogP contribution in [-0.2, 0) is 4.79 Å². The van der Waals surface area contributed by atoms with Crippen LogP contribution in [0.25, 0.3) is 0 Å². The van der Waals surface area contributed by atoms with Crippen LogP contribution in [0.5, 0.6) is 0 Å². The Morgan fingerprint density at radius 3 is 2.66 bits per heavy atom. The molecule has 2 aromatic carbocycles. The van der Waals surface area contributed by atoms with Crippen molar-refractivity contribution < 1.29 is 9.59 Å². The van der Waals surface area contributed by atoms with Crippen molar-refractivity contribution in [2.75, 3.05) is 11.4 Å². The average Bonchev–Trinajstić information content (AvgIpc) is 2.87. The number of fused-ring (bicyclic) bond motifs is 2. The van der Waals surface area contributed by atoms with E-state index >= 15 is 0 Å². The number of aromatic nitrogens is 1. The third-order valence-electron chi connectivity index (χ3n) is 4.85. The van der Waals surface area contributed by atoms with Crippen molar-refractivity contribution in [1.82, 2.24) is 10.3 Å². The van der Waals surface area contributed by atoms with Gasteiger partial charge in [-0.1, -0.05) is 54.2 Å². The van der Waals surface area contributed by atoms with E-state index in [1.54, 1.807) is 23.2 Å². The Kier molecular flexibility index (Phi) is 5.62. The van der Waals surface area contributed by atoms with Gasteiger partial charge in [0.05, 0.1) is 17.3 Å². The van der Waals surface area contributed by atoms with Crippen LogP contribution in [0.15, 0.2) is 82.8 Å². The van der Waals surface area contributed by atoms with Gasteiger partial charge in [-0.15, -0.1) is 0 Å². The Hall–Kier alpha value is -3.12. The summed E-state index contributed by atoms with van der Waals surface area (Å²) in [4.78, 5) is 32.8. The standard InChI is InChI=1S/C23H21N3O2S/c1-16(17-8-3-2-4-9-17)25-21(27)13-15-26-19-11-5-6-12-20(19)29-22-18(23(26)28)10-7-14-24-22/h2-12,14,16H,13,15H2,1H3,(H,25,27)/t16-/m1/s1. The van der Waals surface area contributed by atoms with E-state index in [9.17, 15) is 9.59 Å². The summed E-state index contributed by atoms with van der Waals surface area (Å²) in [7, 11) is 0. The van der Waals surface area contributed by atoms with E-state index in [4.69, 9.17) is 0 Å². The summed E-state index contributed by atoms with van der Waals surface area (Å²) in [5.74, 6) is -0.218. The number of carbonyl (C=O) groups excluding carboxylic acids is 2. The zero-order valence-electron chi connectivity index (χ0n) is 16.0. The fraction of sp³-hybridized carbons (Fsp3) is 0.174. The number of nitrogens with one attached hydrogen (secondary N) is 1. The lowest BCUT2D eigenvalue weighted by Gasteiger charge is -2.23. The van der Waals surface area contributed by atoms with E-state index in [2.05, 4.69) is 10.3 Å². The molecule has 5 nitrogen and oxygen atoms in total. The maximum Gasteiger partial charge on any atom is 0.261 e. The SMILES string of the molecule is C[C@@H](NC(=O)CCN1C(=O)c2cccnc2Sc2ccccc21)c1ccccc1. The summed E-state index contributed by atoms with van der Waals surface area (Å²) in [6.45, 7) is 2.26. The first-order chi connectivity index (χ1) is 14.1. The molecular weight excluding hydrogens is 382 g/mol. The van der Waals surface area contributed by atoms with Gasteiger partial charge in [-0.05, 0) is 36.8 Å². The van der Waals surface area contributed by atoms with Crippen molar-refractivity contribution in [1.29, 1.82) is 0 Å². The van der Waals surface area contributed by atoms with Gasteiger partial charge in [0.2, 0.25) is 5.91 Å². The molecule has 1 atom stereocenters. The second-order valence-corrected chi connectivity index (χ2v) is 7.86. The van der Waals surface area contributed by atoms with E-state index < -0.39 is 0 Å². The number of hydrogen-bond acceptors (Lipinski definition) is 4. The third kappa shape index (κ3) is 4.17. The smallest absolute Gasteiger partial charge is 0.261 e. The minimum atomic E-state index is -0.130. The van der Waals surface area contributed by atoms with Gasteiger partial charge < -0.3 is 10.2 Å². The second-order valence-electron chi connectivity index (χ2n) is 6.83. The van der Waals surface area contributed by atoms with Gasteiger partial charge in [0.1, 0.15) is 5.03 Å². The Labute approximate surface area is 174 Å². The fourth-order valence-corrected chi connectivity index (χ4v) is 4.35. The van der Waals surface area contributed by atoms with Crippen molar-refractivity contribution in [3.8, 4) is 0 Å². The number of para-hydroxylation sites is 1. The highest BCUT2D eigenvalue weighted by molar-refractivity contribution is 7.99. The Bertz CT molecular complexity index is 1040. The Balaban J connectivity index is 1.51. The zero-order chi connectivity index (χ0) is 20.2. The average molecular weight is 404 g/mol. The van der Waals surface area contributed by atoms with Crippen LogP contribution in [0.2, 0.25) is 0 Å². The normalized spacial score (nSPS) is 13.8. The Morgan fingerprint density at radius 2 is 1.83 bits per heavy atom. The number of rotatable bonds is 5. The number of hydrogen-bond donors (Lipinski definition) is 1. The number of anilines is 1. The number of nitrogens with zero attached hydrogens (tertiary/aromatic N) is 2. The fourth-order valence-electron chi connectivity index (χ4n) is 3.33. The molecule has 146 valence electrons.